The first-order valence-corrected chi connectivity index (χ1v) is 7.35. The lowest BCUT2D eigenvalue weighted by Gasteiger charge is -2.14. The van der Waals surface area contributed by atoms with Crippen LogP contribution in [0.4, 0.5) is 0 Å². The number of carboxylic acid groups (broad SMARTS) is 1. The van der Waals surface area contributed by atoms with Crippen LogP contribution >= 0.6 is 0 Å². The highest BCUT2D eigenvalue weighted by Crippen LogP contribution is 1.99. The van der Waals surface area contributed by atoms with E-state index in [-0.39, 0.29) is 11.9 Å². The maximum atomic E-state index is 11.8. The van der Waals surface area contributed by atoms with E-state index >= 15 is 0 Å². The Bertz CT molecular complexity index is 529. The summed E-state index contributed by atoms with van der Waals surface area (Å²) in [6, 6.07) is 8.13. The fourth-order valence-corrected chi connectivity index (χ4v) is 1.93. The van der Waals surface area contributed by atoms with Crippen molar-refractivity contribution in [2.24, 2.45) is 16.5 Å². The predicted molar refractivity (Wildman–Crippen MR) is 88.1 cm³/mol. The number of aliphatic imine (C=N–C) groups is 1. The molecule has 0 aliphatic rings. The molecule has 126 valence electrons. The zero-order chi connectivity index (χ0) is 17.1. The van der Waals surface area contributed by atoms with Gasteiger partial charge in [-0.15, -0.1) is 0 Å². The lowest BCUT2D eigenvalue weighted by Crippen LogP contribution is -2.41. The minimum Gasteiger partial charge on any atom is -0.480 e. The van der Waals surface area contributed by atoms with E-state index in [2.05, 4.69) is 15.6 Å². The SMILES string of the molecule is NC(N)=NCCC[C@H](NCCNC(=O)c1ccccc1)C(=O)O. The molecule has 1 aromatic carbocycles. The third-order valence-electron chi connectivity index (χ3n) is 3.08. The molecule has 0 radical (unpaired) electrons. The number of nitrogens with two attached hydrogens (primary N) is 2. The first-order chi connectivity index (χ1) is 11.0. The molecule has 1 atom stereocenters. The van der Waals surface area contributed by atoms with E-state index in [0.29, 0.717) is 38.0 Å². The van der Waals surface area contributed by atoms with Crippen LogP contribution in [0.25, 0.3) is 0 Å². The summed E-state index contributed by atoms with van der Waals surface area (Å²) >= 11 is 0. The smallest absolute Gasteiger partial charge is 0.320 e. The van der Waals surface area contributed by atoms with Gasteiger partial charge in [-0.1, -0.05) is 18.2 Å². The first-order valence-electron chi connectivity index (χ1n) is 7.35. The zero-order valence-electron chi connectivity index (χ0n) is 12.9. The second-order valence-corrected chi connectivity index (χ2v) is 4.92. The average molecular weight is 321 g/mol. The van der Waals surface area contributed by atoms with Gasteiger partial charge in [0.25, 0.3) is 5.91 Å². The lowest BCUT2D eigenvalue weighted by molar-refractivity contribution is -0.139. The van der Waals surface area contributed by atoms with E-state index in [0.717, 1.165) is 0 Å². The third kappa shape index (κ3) is 7.82. The minimum absolute atomic E-state index is 0.00606. The van der Waals surface area contributed by atoms with Gasteiger partial charge < -0.3 is 27.2 Å². The molecule has 0 spiro atoms. The molecule has 7 N–H and O–H groups in total. The van der Waals surface area contributed by atoms with Crippen molar-refractivity contribution in [2.45, 2.75) is 18.9 Å². The molecule has 0 aromatic heterocycles. The minimum atomic E-state index is -0.941. The van der Waals surface area contributed by atoms with E-state index in [1.165, 1.54) is 0 Å². The second kappa shape index (κ2) is 10.2. The van der Waals surface area contributed by atoms with E-state index in [1.807, 2.05) is 6.07 Å². The molecule has 1 amide bonds. The fourth-order valence-electron chi connectivity index (χ4n) is 1.93. The number of carbonyl (C=O) groups excluding carboxylic acids is 1. The van der Waals surface area contributed by atoms with Gasteiger partial charge >= 0.3 is 5.97 Å². The molecular formula is C15H23N5O3. The molecule has 0 saturated carbocycles. The van der Waals surface area contributed by atoms with Gasteiger partial charge in [0.2, 0.25) is 0 Å². The summed E-state index contributed by atoms with van der Waals surface area (Å²) in [7, 11) is 0. The van der Waals surface area contributed by atoms with Crippen molar-refractivity contribution in [3.8, 4) is 0 Å². The molecule has 1 rings (SSSR count). The number of hydrogen-bond acceptors (Lipinski definition) is 4. The zero-order valence-corrected chi connectivity index (χ0v) is 12.9. The summed E-state index contributed by atoms with van der Waals surface area (Å²) in [5.74, 6) is -1.13. The molecule has 0 bridgehead atoms. The number of rotatable bonds is 10. The van der Waals surface area contributed by atoms with Crippen LogP contribution in [-0.4, -0.2) is 48.6 Å². The molecule has 8 nitrogen and oxygen atoms in total. The highest BCUT2D eigenvalue weighted by Gasteiger charge is 2.15. The average Bonchev–Trinajstić information content (AvgIpc) is 2.53. The summed E-state index contributed by atoms with van der Waals surface area (Å²) < 4.78 is 0. The van der Waals surface area contributed by atoms with Crippen molar-refractivity contribution < 1.29 is 14.7 Å². The Hall–Kier alpha value is -2.61. The van der Waals surface area contributed by atoms with Crippen LogP contribution in [0.3, 0.4) is 0 Å². The van der Waals surface area contributed by atoms with Crippen molar-refractivity contribution in [1.82, 2.24) is 10.6 Å². The molecule has 23 heavy (non-hydrogen) atoms. The number of benzene rings is 1. The number of guanidine groups is 1. The van der Waals surface area contributed by atoms with Crippen LogP contribution in [0.5, 0.6) is 0 Å². The molecule has 0 aliphatic heterocycles. The van der Waals surface area contributed by atoms with Crippen molar-refractivity contribution in [3.63, 3.8) is 0 Å². The first kappa shape index (κ1) is 18.4. The third-order valence-corrected chi connectivity index (χ3v) is 3.08. The van der Waals surface area contributed by atoms with Crippen LogP contribution in [0.2, 0.25) is 0 Å². The summed E-state index contributed by atoms with van der Waals surface area (Å²) in [6.07, 6.45) is 0.955. The molecular weight excluding hydrogens is 298 g/mol. The second-order valence-electron chi connectivity index (χ2n) is 4.92. The number of aliphatic carboxylic acids is 1. The van der Waals surface area contributed by atoms with E-state index in [4.69, 9.17) is 16.6 Å². The molecule has 0 unspecified atom stereocenters. The summed E-state index contributed by atoms with van der Waals surface area (Å²) in [4.78, 5) is 26.7. The number of nitrogens with zero attached hydrogens (tertiary/aromatic N) is 1. The molecule has 0 heterocycles. The van der Waals surface area contributed by atoms with Gasteiger partial charge in [0.15, 0.2) is 5.96 Å². The maximum Gasteiger partial charge on any atom is 0.320 e. The monoisotopic (exact) mass is 321 g/mol. The Morgan fingerprint density at radius 3 is 2.48 bits per heavy atom. The normalized spacial score (nSPS) is 11.5. The number of carboxylic acids is 1. The predicted octanol–water partition coefficient (Wildman–Crippen LogP) is -0.487. The van der Waals surface area contributed by atoms with Crippen molar-refractivity contribution >= 4 is 17.8 Å². The Labute approximate surface area is 135 Å². The highest BCUT2D eigenvalue weighted by molar-refractivity contribution is 5.94. The van der Waals surface area contributed by atoms with Gasteiger partial charge in [0.1, 0.15) is 6.04 Å². The quantitative estimate of drug-likeness (QED) is 0.224. The van der Waals surface area contributed by atoms with Crippen molar-refractivity contribution in [3.05, 3.63) is 35.9 Å². The van der Waals surface area contributed by atoms with E-state index in [9.17, 15) is 9.59 Å². The summed E-state index contributed by atoms with van der Waals surface area (Å²) in [6.45, 7) is 1.09. The summed E-state index contributed by atoms with van der Waals surface area (Å²) in [5, 5.41) is 14.7. The standard InChI is InChI=1S/C15H23N5O3/c16-15(17)20-8-4-7-12(14(22)23)18-9-10-19-13(21)11-5-2-1-3-6-11/h1-3,5-6,12,18H,4,7-10H2,(H,19,21)(H,22,23)(H4,16,17,20)/t12-/m0/s1. The Balaban J connectivity index is 2.26. The molecule has 8 heteroatoms. The van der Waals surface area contributed by atoms with Crippen LogP contribution in [0.15, 0.2) is 35.3 Å². The van der Waals surface area contributed by atoms with Crippen molar-refractivity contribution in [1.29, 1.82) is 0 Å². The molecule has 0 aliphatic carbocycles. The van der Waals surface area contributed by atoms with Gasteiger partial charge in [-0.3, -0.25) is 14.6 Å². The summed E-state index contributed by atoms with van der Waals surface area (Å²) in [5.41, 5.74) is 11.0. The van der Waals surface area contributed by atoms with Crippen molar-refractivity contribution in [2.75, 3.05) is 19.6 Å². The number of hydrogen-bond donors (Lipinski definition) is 5. The van der Waals surface area contributed by atoms with Gasteiger partial charge in [0.05, 0.1) is 0 Å². The maximum absolute atomic E-state index is 11.8. The van der Waals surface area contributed by atoms with Gasteiger partial charge in [-0.25, -0.2) is 0 Å². The van der Waals surface area contributed by atoms with Gasteiger partial charge in [0, 0.05) is 25.2 Å². The Kier molecular flexibility index (Phi) is 8.16. The van der Waals surface area contributed by atoms with Crippen LogP contribution < -0.4 is 22.1 Å². The van der Waals surface area contributed by atoms with E-state index < -0.39 is 12.0 Å². The van der Waals surface area contributed by atoms with Crippen LogP contribution in [-0.2, 0) is 4.79 Å². The molecule has 1 aromatic rings. The van der Waals surface area contributed by atoms with Gasteiger partial charge in [-0.2, -0.15) is 0 Å². The molecule has 0 fully saturated rings. The number of carbonyl (C=O) groups is 2. The topological polar surface area (TPSA) is 143 Å². The Morgan fingerprint density at radius 1 is 1.17 bits per heavy atom. The Morgan fingerprint density at radius 2 is 1.87 bits per heavy atom. The number of nitrogens with one attached hydrogen (secondary N) is 2. The van der Waals surface area contributed by atoms with E-state index in [1.54, 1.807) is 24.3 Å². The highest BCUT2D eigenvalue weighted by atomic mass is 16.4. The fraction of sp³-hybridized carbons (Fsp3) is 0.400. The molecule has 0 saturated heterocycles. The largest absolute Gasteiger partial charge is 0.480 e. The van der Waals surface area contributed by atoms with Crippen LogP contribution in [0, 0.1) is 0 Å². The number of amides is 1. The lowest BCUT2D eigenvalue weighted by atomic mass is 10.1. The van der Waals surface area contributed by atoms with Gasteiger partial charge in [-0.05, 0) is 25.0 Å². The van der Waals surface area contributed by atoms with Crippen LogP contribution in [0.1, 0.15) is 23.2 Å².